The number of aliphatic hydroxyl groups is 1. The molecular formula is C23H27N3OS. The van der Waals surface area contributed by atoms with Gasteiger partial charge in [0.25, 0.3) is 0 Å². The van der Waals surface area contributed by atoms with Crippen molar-refractivity contribution in [2.75, 3.05) is 27.2 Å². The first-order valence-electron chi connectivity index (χ1n) is 9.73. The van der Waals surface area contributed by atoms with E-state index in [2.05, 4.69) is 65.3 Å². The van der Waals surface area contributed by atoms with E-state index in [0.717, 1.165) is 30.1 Å². The number of hydrogen-bond donors (Lipinski definition) is 1. The standard InChI is InChI=1S/C23H27N3OS/c1-25(2)23(19-11-7-4-8-12-19)13-14-26(17-21(23)27)16-20-15-24-22(28-20)18-9-5-3-6-10-18/h3-12,15,21,27H,13-14,16-17H2,1-2H3/t21-,23+/m1/s1. The average Bonchev–Trinajstić information content (AvgIpc) is 3.18. The second-order valence-electron chi connectivity index (χ2n) is 7.68. The second-order valence-corrected chi connectivity index (χ2v) is 8.80. The Balaban J connectivity index is 1.48. The lowest BCUT2D eigenvalue weighted by molar-refractivity contribution is -0.0701. The molecule has 0 amide bonds. The summed E-state index contributed by atoms with van der Waals surface area (Å²) in [7, 11) is 4.14. The van der Waals surface area contributed by atoms with Crippen molar-refractivity contribution in [3.63, 3.8) is 0 Å². The van der Waals surface area contributed by atoms with Gasteiger partial charge in [0, 0.05) is 36.3 Å². The van der Waals surface area contributed by atoms with E-state index in [1.165, 1.54) is 10.4 Å². The maximum atomic E-state index is 11.2. The van der Waals surface area contributed by atoms with Crippen LogP contribution in [0.3, 0.4) is 0 Å². The first-order chi connectivity index (χ1) is 13.6. The number of nitrogens with zero attached hydrogens (tertiary/aromatic N) is 3. The van der Waals surface area contributed by atoms with Gasteiger partial charge in [-0.2, -0.15) is 0 Å². The molecule has 0 saturated carbocycles. The Morgan fingerprint density at radius 2 is 1.79 bits per heavy atom. The van der Waals surface area contributed by atoms with Crippen LogP contribution in [-0.2, 0) is 12.1 Å². The Kier molecular flexibility index (Phi) is 5.60. The highest BCUT2D eigenvalue weighted by molar-refractivity contribution is 7.15. The molecule has 1 fully saturated rings. The fourth-order valence-corrected chi connectivity index (χ4v) is 5.24. The Morgan fingerprint density at radius 3 is 2.43 bits per heavy atom. The van der Waals surface area contributed by atoms with E-state index < -0.39 is 6.10 Å². The number of rotatable bonds is 5. The van der Waals surface area contributed by atoms with Crippen molar-refractivity contribution in [3.8, 4) is 10.6 Å². The number of β-amino-alcohol motifs (C(OH)–C–C–N with tert-alkyl or cyclic N) is 1. The predicted octanol–water partition coefficient (Wildman–Crippen LogP) is 3.83. The second kappa shape index (κ2) is 8.13. The summed E-state index contributed by atoms with van der Waals surface area (Å²) in [6.07, 6.45) is 2.43. The van der Waals surface area contributed by atoms with Crippen molar-refractivity contribution >= 4 is 11.3 Å². The summed E-state index contributed by atoms with van der Waals surface area (Å²) >= 11 is 1.74. The number of aromatic nitrogens is 1. The van der Waals surface area contributed by atoms with Crippen LogP contribution >= 0.6 is 11.3 Å². The van der Waals surface area contributed by atoms with Gasteiger partial charge >= 0.3 is 0 Å². The van der Waals surface area contributed by atoms with Gasteiger partial charge in [0.2, 0.25) is 0 Å². The SMILES string of the molecule is CN(C)[C@]1(c2ccccc2)CCN(Cc2cnc(-c3ccccc3)s2)C[C@H]1O. The van der Waals surface area contributed by atoms with Crippen molar-refractivity contribution in [3.05, 3.63) is 77.3 Å². The van der Waals surface area contributed by atoms with Crippen molar-refractivity contribution in [2.45, 2.75) is 24.6 Å². The van der Waals surface area contributed by atoms with Gasteiger partial charge in [-0.15, -0.1) is 11.3 Å². The van der Waals surface area contributed by atoms with E-state index in [1.54, 1.807) is 11.3 Å². The third-order valence-electron chi connectivity index (χ3n) is 5.82. The summed E-state index contributed by atoms with van der Waals surface area (Å²) in [4.78, 5) is 10.4. The fraction of sp³-hybridized carbons (Fsp3) is 0.348. The van der Waals surface area contributed by atoms with E-state index in [4.69, 9.17) is 0 Å². The Labute approximate surface area is 171 Å². The molecule has 1 aromatic heterocycles. The molecule has 5 heteroatoms. The quantitative estimate of drug-likeness (QED) is 0.715. The lowest BCUT2D eigenvalue weighted by Gasteiger charge is -2.49. The molecule has 1 N–H and O–H groups in total. The summed E-state index contributed by atoms with van der Waals surface area (Å²) < 4.78 is 0. The van der Waals surface area contributed by atoms with Crippen LogP contribution in [0.4, 0.5) is 0 Å². The zero-order chi connectivity index (χ0) is 19.6. The van der Waals surface area contributed by atoms with Crippen LogP contribution in [0.1, 0.15) is 16.9 Å². The van der Waals surface area contributed by atoms with Gasteiger partial charge in [-0.1, -0.05) is 60.7 Å². The van der Waals surface area contributed by atoms with Gasteiger partial charge < -0.3 is 5.11 Å². The molecule has 2 aromatic carbocycles. The molecule has 0 spiro atoms. The molecule has 0 radical (unpaired) electrons. The Morgan fingerprint density at radius 1 is 1.11 bits per heavy atom. The maximum absolute atomic E-state index is 11.2. The molecule has 0 bridgehead atoms. The van der Waals surface area contributed by atoms with E-state index in [9.17, 15) is 5.11 Å². The van der Waals surface area contributed by atoms with Crippen LogP contribution in [0, 0.1) is 0 Å². The highest BCUT2D eigenvalue weighted by Gasteiger charge is 2.45. The number of piperidine rings is 1. The number of hydrogen-bond acceptors (Lipinski definition) is 5. The first-order valence-corrected chi connectivity index (χ1v) is 10.5. The van der Waals surface area contributed by atoms with Gasteiger partial charge in [0.05, 0.1) is 11.6 Å². The van der Waals surface area contributed by atoms with Crippen LogP contribution < -0.4 is 0 Å². The highest BCUT2D eigenvalue weighted by atomic mass is 32.1. The highest BCUT2D eigenvalue weighted by Crippen LogP contribution is 2.38. The molecule has 28 heavy (non-hydrogen) atoms. The Hall–Kier alpha value is -2.05. The molecule has 4 nitrogen and oxygen atoms in total. The van der Waals surface area contributed by atoms with Crippen LogP contribution in [0.15, 0.2) is 66.9 Å². The molecule has 1 saturated heterocycles. The summed E-state index contributed by atoms with van der Waals surface area (Å²) in [6.45, 7) is 2.44. The molecular weight excluding hydrogens is 366 g/mol. The van der Waals surface area contributed by atoms with Crippen LogP contribution in [0.5, 0.6) is 0 Å². The minimum atomic E-state index is -0.444. The summed E-state index contributed by atoms with van der Waals surface area (Å²) in [5, 5.41) is 12.2. The summed E-state index contributed by atoms with van der Waals surface area (Å²) in [5.74, 6) is 0. The van der Waals surface area contributed by atoms with Gasteiger partial charge in [0.1, 0.15) is 5.01 Å². The van der Waals surface area contributed by atoms with Gasteiger partial charge in [-0.25, -0.2) is 4.98 Å². The van der Waals surface area contributed by atoms with E-state index >= 15 is 0 Å². The van der Waals surface area contributed by atoms with Crippen LogP contribution in [-0.4, -0.2) is 53.2 Å². The molecule has 0 unspecified atom stereocenters. The Bertz CT molecular complexity index is 896. The lowest BCUT2D eigenvalue weighted by Crippen LogP contribution is -2.59. The third-order valence-corrected chi connectivity index (χ3v) is 6.85. The minimum absolute atomic E-state index is 0.333. The number of likely N-dealkylation sites (N-methyl/N-ethyl adjacent to an activating group) is 1. The topological polar surface area (TPSA) is 39.6 Å². The molecule has 0 aliphatic carbocycles. The molecule has 3 aromatic rings. The minimum Gasteiger partial charge on any atom is -0.389 e. The molecule has 1 aliphatic heterocycles. The van der Waals surface area contributed by atoms with E-state index in [0.29, 0.717) is 6.54 Å². The summed E-state index contributed by atoms with van der Waals surface area (Å²) in [6, 6.07) is 20.7. The number of likely N-dealkylation sites (tertiary alicyclic amines) is 1. The number of benzene rings is 2. The van der Waals surface area contributed by atoms with Crippen LogP contribution in [0.25, 0.3) is 10.6 Å². The molecule has 146 valence electrons. The average molecular weight is 394 g/mol. The smallest absolute Gasteiger partial charge is 0.123 e. The van der Waals surface area contributed by atoms with E-state index in [1.807, 2.05) is 30.5 Å². The maximum Gasteiger partial charge on any atom is 0.123 e. The van der Waals surface area contributed by atoms with Gasteiger partial charge in [0.15, 0.2) is 0 Å². The van der Waals surface area contributed by atoms with Gasteiger partial charge in [-0.3, -0.25) is 9.80 Å². The van der Waals surface area contributed by atoms with E-state index in [-0.39, 0.29) is 5.54 Å². The zero-order valence-corrected chi connectivity index (χ0v) is 17.3. The molecule has 2 heterocycles. The monoisotopic (exact) mass is 393 g/mol. The molecule has 1 aliphatic rings. The van der Waals surface area contributed by atoms with Crippen molar-refractivity contribution < 1.29 is 5.11 Å². The third kappa shape index (κ3) is 3.63. The largest absolute Gasteiger partial charge is 0.389 e. The molecule has 2 atom stereocenters. The van der Waals surface area contributed by atoms with Gasteiger partial charge in [-0.05, 0) is 26.1 Å². The zero-order valence-electron chi connectivity index (χ0n) is 16.5. The first kappa shape index (κ1) is 19.3. The van der Waals surface area contributed by atoms with Crippen LogP contribution in [0.2, 0.25) is 0 Å². The summed E-state index contributed by atoms with van der Waals surface area (Å²) in [5.41, 5.74) is 2.02. The van der Waals surface area contributed by atoms with Crippen molar-refractivity contribution in [1.82, 2.24) is 14.8 Å². The predicted molar refractivity (Wildman–Crippen MR) is 115 cm³/mol. The molecule has 4 rings (SSSR count). The fourth-order valence-electron chi connectivity index (χ4n) is 4.28. The van der Waals surface area contributed by atoms with Crippen molar-refractivity contribution in [1.29, 1.82) is 0 Å². The van der Waals surface area contributed by atoms with Crippen molar-refractivity contribution in [2.24, 2.45) is 0 Å². The normalized spacial score (nSPS) is 23.2. The number of thiazole rings is 1. The lowest BCUT2D eigenvalue weighted by atomic mass is 9.77. The number of aliphatic hydroxyl groups excluding tert-OH is 1.